The highest BCUT2D eigenvalue weighted by atomic mass is 15.1. The van der Waals surface area contributed by atoms with E-state index in [0.717, 1.165) is 11.8 Å². The lowest BCUT2D eigenvalue weighted by molar-refractivity contribution is -0.0399. The summed E-state index contributed by atoms with van der Waals surface area (Å²) in [5.41, 5.74) is 20.2. The van der Waals surface area contributed by atoms with Crippen LogP contribution >= 0.6 is 0 Å². The van der Waals surface area contributed by atoms with E-state index in [-0.39, 0.29) is 10.8 Å². The molecule has 0 unspecified atom stereocenters. The van der Waals surface area contributed by atoms with Gasteiger partial charge in [0.05, 0.1) is 5.69 Å². The van der Waals surface area contributed by atoms with Gasteiger partial charge in [0.15, 0.2) is 0 Å². The van der Waals surface area contributed by atoms with Crippen LogP contribution in [0.4, 0.5) is 17.1 Å². The molecule has 0 amide bonds. The Bertz CT molecular complexity index is 3370. The summed E-state index contributed by atoms with van der Waals surface area (Å²) in [6.07, 6.45) is 6.94. The zero-order valence-electron chi connectivity index (χ0n) is 36.7. The average Bonchev–Trinajstić information content (AvgIpc) is 3.76. The van der Waals surface area contributed by atoms with Crippen molar-refractivity contribution >= 4 is 38.6 Å². The highest BCUT2D eigenvalue weighted by Crippen LogP contribution is 2.70. The smallest absolute Gasteiger partial charge is 0.0540 e. The molecule has 1 nitrogen and oxygen atoms in total. The van der Waals surface area contributed by atoms with Gasteiger partial charge in [0.1, 0.15) is 0 Å². The van der Waals surface area contributed by atoms with Crippen molar-refractivity contribution in [2.24, 2.45) is 23.7 Å². The van der Waals surface area contributed by atoms with Gasteiger partial charge < -0.3 is 4.90 Å². The fraction of sp³-hybridized carbons (Fsp3) is 0.206. The number of nitrogens with zero attached hydrogens (tertiary/aromatic N) is 1. The van der Waals surface area contributed by atoms with Crippen molar-refractivity contribution in [1.29, 1.82) is 0 Å². The first-order valence-corrected chi connectivity index (χ1v) is 23.8. The molecule has 4 fully saturated rings. The molecule has 6 aliphatic rings. The summed E-state index contributed by atoms with van der Waals surface area (Å²) >= 11 is 0. The van der Waals surface area contributed by atoms with Gasteiger partial charge in [-0.3, -0.25) is 0 Å². The van der Waals surface area contributed by atoms with Crippen LogP contribution < -0.4 is 4.90 Å². The second kappa shape index (κ2) is 13.4. The second-order valence-electron chi connectivity index (χ2n) is 20.4. The Morgan fingerprint density at radius 2 is 0.969 bits per heavy atom. The third-order valence-corrected chi connectivity index (χ3v) is 17.0. The Kier molecular flexibility index (Phi) is 7.70. The molecule has 0 saturated heterocycles. The fourth-order valence-electron chi connectivity index (χ4n) is 14.8. The van der Waals surface area contributed by atoms with Gasteiger partial charge in [0.25, 0.3) is 0 Å². The SMILES string of the molecule is CC1(C)c2ccccc2-c2cccc(-c3ccccc3N(c3cccc(-c4cccc5c4ccc4ccccc45)c3)c3ccc4c(c3)C3(c5ccccc5-4)C4CC5CC(C4)CC3C5)c21. The Labute approximate surface area is 377 Å². The molecule has 0 aromatic heterocycles. The van der Waals surface area contributed by atoms with E-state index in [2.05, 4.69) is 207 Å². The van der Waals surface area contributed by atoms with Crippen LogP contribution in [0, 0.1) is 23.7 Å². The van der Waals surface area contributed by atoms with Crippen LogP contribution in [-0.4, -0.2) is 0 Å². The Hall–Kier alpha value is -6.70. The van der Waals surface area contributed by atoms with E-state index >= 15 is 0 Å². The first-order chi connectivity index (χ1) is 31.5. The largest absolute Gasteiger partial charge is 0.310 e. The van der Waals surface area contributed by atoms with Crippen molar-refractivity contribution in [3.63, 3.8) is 0 Å². The molecule has 0 radical (unpaired) electrons. The fourth-order valence-corrected chi connectivity index (χ4v) is 14.8. The predicted octanol–water partition coefficient (Wildman–Crippen LogP) is 16.8. The topological polar surface area (TPSA) is 3.24 Å². The number of hydrogen-bond donors (Lipinski definition) is 0. The quantitative estimate of drug-likeness (QED) is 0.156. The average molecular weight is 822 g/mol. The van der Waals surface area contributed by atoms with E-state index < -0.39 is 0 Å². The minimum atomic E-state index is -0.149. The van der Waals surface area contributed by atoms with E-state index in [4.69, 9.17) is 0 Å². The molecule has 1 heteroatoms. The summed E-state index contributed by atoms with van der Waals surface area (Å²) in [5.74, 6) is 3.19. The zero-order valence-corrected chi connectivity index (χ0v) is 36.7. The number of fused-ring (bicyclic) bond motifs is 9. The van der Waals surface area contributed by atoms with Crippen molar-refractivity contribution in [2.45, 2.75) is 56.8 Å². The van der Waals surface area contributed by atoms with Crippen LogP contribution in [0.25, 0.3) is 66.1 Å². The number of benzene rings is 9. The Morgan fingerprint density at radius 1 is 0.391 bits per heavy atom. The molecule has 0 atom stereocenters. The van der Waals surface area contributed by atoms with Crippen LogP contribution in [0.5, 0.6) is 0 Å². The number of anilines is 3. The number of para-hydroxylation sites is 1. The highest BCUT2D eigenvalue weighted by Gasteiger charge is 2.61. The van der Waals surface area contributed by atoms with Gasteiger partial charge in [-0.15, -0.1) is 0 Å². The lowest BCUT2D eigenvalue weighted by Gasteiger charge is -2.61. The first kappa shape index (κ1) is 36.8. The summed E-state index contributed by atoms with van der Waals surface area (Å²) in [7, 11) is 0. The first-order valence-electron chi connectivity index (χ1n) is 23.8. The molecule has 0 aliphatic heterocycles. The van der Waals surface area contributed by atoms with Gasteiger partial charge in [0, 0.05) is 27.8 Å². The van der Waals surface area contributed by atoms with Crippen molar-refractivity contribution in [3.8, 4) is 44.5 Å². The van der Waals surface area contributed by atoms with Crippen molar-refractivity contribution < 1.29 is 0 Å². The molecule has 4 bridgehead atoms. The molecule has 9 aromatic rings. The lowest BCUT2D eigenvalue weighted by Crippen LogP contribution is -2.55. The molecular weight excluding hydrogens is 771 g/mol. The van der Waals surface area contributed by atoms with Crippen molar-refractivity contribution in [2.75, 3.05) is 4.90 Å². The van der Waals surface area contributed by atoms with Crippen molar-refractivity contribution in [3.05, 3.63) is 210 Å². The molecule has 0 N–H and O–H groups in total. The zero-order chi connectivity index (χ0) is 42.3. The van der Waals surface area contributed by atoms with Gasteiger partial charge in [-0.2, -0.15) is 0 Å². The van der Waals surface area contributed by atoms with Crippen LogP contribution in [-0.2, 0) is 10.8 Å². The Morgan fingerprint density at radius 3 is 1.78 bits per heavy atom. The normalized spacial score (nSPS) is 22.7. The van der Waals surface area contributed by atoms with Crippen LogP contribution in [0.2, 0.25) is 0 Å². The van der Waals surface area contributed by atoms with Gasteiger partial charge in [-0.1, -0.05) is 172 Å². The molecule has 9 aromatic carbocycles. The maximum absolute atomic E-state index is 2.67. The number of rotatable bonds is 5. The molecule has 1 spiro atoms. The van der Waals surface area contributed by atoms with Crippen molar-refractivity contribution in [1.82, 2.24) is 0 Å². The Balaban J connectivity index is 1.01. The van der Waals surface area contributed by atoms with Gasteiger partial charge in [-0.25, -0.2) is 0 Å². The molecular formula is C63H51N. The number of hydrogen-bond acceptors (Lipinski definition) is 1. The molecule has 64 heavy (non-hydrogen) atoms. The summed E-state index contributed by atoms with van der Waals surface area (Å²) in [6.45, 7) is 4.84. The van der Waals surface area contributed by atoms with Gasteiger partial charge >= 0.3 is 0 Å². The van der Waals surface area contributed by atoms with E-state index in [1.165, 1.54) is 126 Å². The lowest BCUT2D eigenvalue weighted by atomic mass is 9.43. The van der Waals surface area contributed by atoms with E-state index in [1.54, 1.807) is 11.1 Å². The monoisotopic (exact) mass is 821 g/mol. The minimum Gasteiger partial charge on any atom is -0.310 e. The minimum absolute atomic E-state index is 0.0736. The molecule has 0 heterocycles. The highest BCUT2D eigenvalue weighted by molar-refractivity contribution is 6.12. The van der Waals surface area contributed by atoms with E-state index in [0.29, 0.717) is 11.8 Å². The summed E-state index contributed by atoms with van der Waals surface area (Å²) in [5, 5.41) is 5.15. The second-order valence-corrected chi connectivity index (χ2v) is 20.4. The summed E-state index contributed by atoms with van der Waals surface area (Å²) in [4.78, 5) is 2.61. The molecule has 15 rings (SSSR count). The summed E-state index contributed by atoms with van der Waals surface area (Å²) in [6, 6.07) is 72.0. The van der Waals surface area contributed by atoms with Gasteiger partial charge in [0.2, 0.25) is 0 Å². The third-order valence-electron chi connectivity index (χ3n) is 17.0. The van der Waals surface area contributed by atoms with E-state index in [1.807, 2.05) is 0 Å². The van der Waals surface area contributed by atoms with Crippen LogP contribution in [0.15, 0.2) is 188 Å². The third kappa shape index (κ3) is 4.96. The van der Waals surface area contributed by atoms with E-state index in [9.17, 15) is 0 Å². The predicted molar refractivity (Wildman–Crippen MR) is 268 cm³/mol. The standard InChI is InChI=1S/C63H51N/c1-62(2)57-25-8-5-19-52(57)55-23-13-24-56(61(55)62)54-20-7-10-27-60(54)64(45-16-11-15-42(37-45)48-21-12-22-49-47-17-4-3-14-41(47)28-30-50(48)49)46-29-31-53-51-18-6-9-26-58(51)63(59(53)38-46)43-33-39-32-40(35-43)36-44(63)34-39/h3-31,37-40,43-44H,32-36H2,1-2H3. The molecule has 308 valence electrons. The molecule has 6 aliphatic carbocycles. The summed E-state index contributed by atoms with van der Waals surface area (Å²) < 4.78 is 0. The van der Waals surface area contributed by atoms with Crippen LogP contribution in [0.3, 0.4) is 0 Å². The van der Waals surface area contributed by atoms with Crippen LogP contribution in [0.1, 0.15) is 68.2 Å². The van der Waals surface area contributed by atoms with Gasteiger partial charge in [-0.05, 0) is 169 Å². The molecule has 4 saturated carbocycles. The maximum Gasteiger partial charge on any atom is 0.0540 e. The maximum atomic E-state index is 2.67.